The van der Waals surface area contributed by atoms with Crippen LogP contribution in [0.2, 0.25) is 0 Å². The molecule has 0 unspecified atom stereocenters. The van der Waals surface area contributed by atoms with E-state index in [1.165, 1.54) is 17.0 Å². The van der Waals surface area contributed by atoms with E-state index >= 15 is 0 Å². The van der Waals surface area contributed by atoms with E-state index in [0.29, 0.717) is 6.54 Å². The molecule has 4 nitrogen and oxygen atoms in total. The van der Waals surface area contributed by atoms with Crippen molar-refractivity contribution in [2.24, 2.45) is 0 Å². The summed E-state index contributed by atoms with van der Waals surface area (Å²) in [5.74, 6) is -0.950. The number of alkyl halides is 3. The van der Waals surface area contributed by atoms with Crippen LogP contribution in [0.4, 0.5) is 13.2 Å². The highest BCUT2D eigenvalue weighted by atomic mass is 19.4. The topological polar surface area (TPSA) is 49.4 Å². The van der Waals surface area contributed by atoms with E-state index in [4.69, 9.17) is 0 Å². The average molecular weight is 302 g/mol. The predicted molar refractivity (Wildman–Crippen MR) is 71.7 cm³/mol. The first-order valence-electron chi connectivity index (χ1n) is 6.52. The molecule has 116 valence electrons. The van der Waals surface area contributed by atoms with E-state index < -0.39 is 17.6 Å². The molecule has 1 rings (SSSR count). The second-order valence-electron chi connectivity index (χ2n) is 4.35. The highest BCUT2D eigenvalue weighted by Gasteiger charge is 2.31. The van der Waals surface area contributed by atoms with E-state index in [9.17, 15) is 22.8 Å². The number of nitrogens with zero attached hydrogens (tertiary/aromatic N) is 1. The zero-order chi connectivity index (χ0) is 16.0. The van der Waals surface area contributed by atoms with Crippen LogP contribution < -0.4 is 5.32 Å². The molecule has 0 aliphatic heterocycles. The molecule has 0 aliphatic rings. The van der Waals surface area contributed by atoms with Crippen LogP contribution in [0.1, 0.15) is 29.8 Å². The van der Waals surface area contributed by atoms with Crippen molar-refractivity contribution in [3.63, 3.8) is 0 Å². The molecule has 1 aromatic carbocycles. The zero-order valence-corrected chi connectivity index (χ0v) is 11.8. The first-order valence-corrected chi connectivity index (χ1v) is 6.52. The number of halogens is 3. The maximum atomic E-state index is 12.6. The molecule has 0 saturated carbocycles. The van der Waals surface area contributed by atoms with Crippen LogP contribution in [0.3, 0.4) is 0 Å². The van der Waals surface area contributed by atoms with Crippen molar-refractivity contribution in [3.05, 3.63) is 35.4 Å². The van der Waals surface area contributed by atoms with Gasteiger partial charge in [0.2, 0.25) is 5.91 Å². The SMILES string of the molecule is CCNC(=O)CN(CC)C(=O)c1cccc(C(F)(F)F)c1. The fourth-order valence-electron chi connectivity index (χ4n) is 1.76. The van der Waals surface area contributed by atoms with E-state index in [1.54, 1.807) is 13.8 Å². The number of hydrogen-bond donors (Lipinski definition) is 1. The van der Waals surface area contributed by atoms with Gasteiger partial charge in [0.15, 0.2) is 0 Å². The lowest BCUT2D eigenvalue weighted by atomic mass is 10.1. The van der Waals surface area contributed by atoms with Gasteiger partial charge in [0.1, 0.15) is 0 Å². The number of carbonyl (C=O) groups excluding carboxylic acids is 2. The standard InChI is InChI=1S/C14H17F3N2O2/c1-3-18-12(20)9-19(4-2)13(21)10-6-5-7-11(8-10)14(15,16)17/h5-8H,3-4,9H2,1-2H3,(H,18,20). The molecule has 0 aliphatic carbocycles. The molecular weight excluding hydrogens is 285 g/mol. The van der Waals surface area contributed by atoms with E-state index in [0.717, 1.165) is 12.1 Å². The predicted octanol–water partition coefficient (Wildman–Crippen LogP) is 2.30. The third kappa shape index (κ3) is 4.77. The molecule has 0 radical (unpaired) electrons. The van der Waals surface area contributed by atoms with Crippen molar-refractivity contribution in [2.45, 2.75) is 20.0 Å². The van der Waals surface area contributed by atoms with Gasteiger partial charge < -0.3 is 10.2 Å². The normalized spacial score (nSPS) is 11.1. The van der Waals surface area contributed by atoms with Crippen LogP contribution in [0.15, 0.2) is 24.3 Å². The van der Waals surface area contributed by atoms with Crippen molar-refractivity contribution in [2.75, 3.05) is 19.6 Å². The number of hydrogen-bond acceptors (Lipinski definition) is 2. The van der Waals surface area contributed by atoms with Gasteiger partial charge >= 0.3 is 6.18 Å². The third-order valence-corrected chi connectivity index (χ3v) is 2.81. The summed E-state index contributed by atoms with van der Waals surface area (Å²) >= 11 is 0. The molecule has 1 N–H and O–H groups in total. The Kier molecular flexibility index (Phi) is 5.75. The Labute approximate surface area is 120 Å². The summed E-state index contributed by atoms with van der Waals surface area (Å²) in [4.78, 5) is 24.9. The Morgan fingerprint density at radius 2 is 1.90 bits per heavy atom. The lowest BCUT2D eigenvalue weighted by Crippen LogP contribution is -2.40. The molecule has 0 aromatic heterocycles. The van der Waals surface area contributed by atoms with Crippen LogP contribution in [-0.4, -0.2) is 36.3 Å². The first kappa shape index (κ1) is 17.0. The van der Waals surface area contributed by atoms with Gasteiger partial charge in [0.05, 0.1) is 12.1 Å². The largest absolute Gasteiger partial charge is 0.416 e. The molecule has 7 heteroatoms. The Morgan fingerprint density at radius 3 is 2.43 bits per heavy atom. The summed E-state index contributed by atoms with van der Waals surface area (Å²) in [6, 6.07) is 4.17. The summed E-state index contributed by atoms with van der Waals surface area (Å²) < 4.78 is 37.9. The van der Waals surface area contributed by atoms with E-state index in [1.807, 2.05) is 0 Å². The van der Waals surface area contributed by atoms with Crippen LogP contribution in [0.5, 0.6) is 0 Å². The van der Waals surface area contributed by atoms with Crippen molar-refractivity contribution in [1.29, 1.82) is 0 Å². The molecule has 21 heavy (non-hydrogen) atoms. The molecule has 0 spiro atoms. The zero-order valence-electron chi connectivity index (χ0n) is 11.8. The Hall–Kier alpha value is -2.05. The number of nitrogens with one attached hydrogen (secondary N) is 1. The van der Waals surface area contributed by atoms with Crippen molar-refractivity contribution in [3.8, 4) is 0 Å². The lowest BCUT2D eigenvalue weighted by molar-refractivity contribution is -0.137. The van der Waals surface area contributed by atoms with Gasteiger partial charge in [-0.3, -0.25) is 9.59 Å². The molecule has 0 bridgehead atoms. The summed E-state index contributed by atoms with van der Waals surface area (Å²) in [5.41, 5.74) is -0.974. The highest BCUT2D eigenvalue weighted by Crippen LogP contribution is 2.29. The number of likely N-dealkylation sites (N-methyl/N-ethyl adjacent to an activating group) is 2. The quantitative estimate of drug-likeness (QED) is 0.907. The Balaban J connectivity index is 2.93. The number of benzene rings is 1. The smallest absolute Gasteiger partial charge is 0.355 e. The van der Waals surface area contributed by atoms with Gasteiger partial charge in [-0.1, -0.05) is 6.07 Å². The molecule has 1 aromatic rings. The third-order valence-electron chi connectivity index (χ3n) is 2.81. The highest BCUT2D eigenvalue weighted by molar-refractivity contribution is 5.96. The second-order valence-corrected chi connectivity index (χ2v) is 4.35. The van der Waals surface area contributed by atoms with Crippen molar-refractivity contribution < 1.29 is 22.8 Å². The minimum atomic E-state index is -4.51. The van der Waals surface area contributed by atoms with Crippen molar-refractivity contribution >= 4 is 11.8 Å². The van der Waals surface area contributed by atoms with E-state index in [-0.39, 0.29) is 24.6 Å². The number of rotatable bonds is 5. The lowest BCUT2D eigenvalue weighted by Gasteiger charge is -2.20. The summed E-state index contributed by atoms with van der Waals surface area (Å²) in [7, 11) is 0. The van der Waals surface area contributed by atoms with Gasteiger partial charge in [-0.15, -0.1) is 0 Å². The van der Waals surface area contributed by atoms with Gasteiger partial charge in [0.25, 0.3) is 5.91 Å². The number of carbonyl (C=O) groups is 2. The maximum absolute atomic E-state index is 12.6. The van der Waals surface area contributed by atoms with Crippen LogP contribution in [0.25, 0.3) is 0 Å². The minimum Gasteiger partial charge on any atom is -0.355 e. The molecule has 0 fully saturated rings. The maximum Gasteiger partial charge on any atom is 0.416 e. The Bertz CT molecular complexity index is 515. The van der Waals surface area contributed by atoms with Gasteiger partial charge in [-0.25, -0.2) is 0 Å². The first-order chi connectivity index (χ1) is 9.79. The van der Waals surface area contributed by atoms with Gasteiger partial charge in [-0.05, 0) is 32.0 Å². The van der Waals surface area contributed by atoms with Crippen LogP contribution in [-0.2, 0) is 11.0 Å². The second kappa shape index (κ2) is 7.10. The summed E-state index contributed by atoms with van der Waals surface area (Å²) in [6.07, 6.45) is -4.51. The monoisotopic (exact) mass is 302 g/mol. The van der Waals surface area contributed by atoms with Crippen molar-refractivity contribution in [1.82, 2.24) is 10.2 Å². The average Bonchev–Trinajstić information content (AvgIpc) is 2.43. The fourth-order valence-corrected chi connectivity index (χ4v) is 1.76. The molecule has 0 atom stereocenters. The Morgan fingerprint density at radius 1 is 1.24 bits per heavy atom. The minimum absolute atomic E-state index is 0.0871. The van der Waals surface area contributed by atoms with Gasteiger partial charge in [-0.2, -0.15) is 13.2 Å². The van der Waals surface area contributed by atoms with Crippen LogP contribution in [0, 0.1) is 0 Å². The van der Waals surface area contributed by atoms with E-state index in [2.05, 4.69) is 5.32 Å². The number of amides is 2. The van der Waals surface area contributed by atoms with Crippen LogP contribution >= 0.6 is 0 Å². The molecule has 0 heterocycles. The molecule has 0 saturated heterocycles. The summed E-state index contributed by atoms with van der Waals surface area (Å²) in [5, 5.41) is 2.54. The molecular formula is C14H17F3N2O2. The van der Waals surface area contributed by atoms with Gasteiger partial charge in [0, 0.05) is 18.7 Å². The summed E-state index contributed by atoms with van der Waals surface area (Å²) in [6.45, 7) is 3.87. The molecule has 2 amide bonds. The fraction of sp³-hybridized carbons (Fsp3) is 0.429.